The summed E-state index contributed by atoms with van der Waals surface area (Å²) < 4.78 is 56.7. The Morgan fingerprint density at radius 3 is 2.55 bits per heavy atom. The van der Waals surface area contributed by atoms with E-state index in [0.717, 1.165) is 10.1 Å². The third-order valence-electron chi connectivity index (χ3n) is 4.76. The van der Waals surface area contributed by atoms with Crippen LogP contribution in [0.25, 0.3) is 21.6 Å². The molecule has 0 N–H and O–H groups in total. The third-order valence-corrected chi connectivity index (χ3v) is 5.70. The molecule has 0 spiro atoms. The molecule has 2 aromatic carbocycles. The second-order valence-corrected chi connectivity index (χ2v) is 7.74. The van der Waals surface area contributed by atoms with Crippen LogP contribution in [0.3, 0.4) is 0 Å². The predicted molar refractivity (Wildman–Crippen MR) is 115 cm³/mol. The molecule has 0 bridgehead atoms. The molecule has 0 aliphatic heterocycles. The fourth-order valence-corrected chi connectivity index (χ4v) is 4.06. The molecule has 0 saturated heterocycles. The summed E-state index contributed by atoms with van der Waals surface area (Å²) in [6.07, 6.45) is -4.71. The molecule has 7 nitrogen and oxygen atoms in total. The summed E-state index contributed by atoms with van der Waals surface area (Å²) in [4.78, 5) is 20.4. The van der Waals surface area contributed by atoms with Gasteiger partial charge in [-0.15, -0.1) is 11.3 Å². The van der Waals surface area contributed by atoms with Gasteiger partial charge in [0.25, 0.3) is 0 Å². The van der Waals surface area contributed by atoms with E-state index in [-0.39, 0.29) is 17.6 Å². The SMILES string of the molecule is COc1ccc(-c2nc(COC(=O)Cn3c(C(F)(F)F)nc4ccccc43)cs2)cc1OC. The highest BCUT2D eigenvalue weighted by atomic mass is 32.1. The molecule has 0 saturated carbocycles. The van der Waals surface area contributed by atoms with Gasteiger partial charge in [-0.05, 0) is 30.3 Å². The van der Waals surface area contributed by atoms with E-state index in [1.165, 1.54) is 37.7 Å². The van der Waals surface area contributed by atoms with Crippen LogP contribution in [0.4, 0.5) is 13.2 Å². The van der Waals surface area contributed by atoms with Gasteiger partial charge < -0.3 is 18.8 Å². The number of methoxy groups -OCH3 is 2. The van der Waals surface area contributed by atoms with E-state index in [9.17, 15) is 18.0 Å². The number of hydrogen-bond acceptors (Lipinski definition) is 7. The number of nitrogens with zero attached hydrogens (tertiary/aromatic N) is 3. The maximum atomic E-state index is 13.4. The number of halogens is 3. The van der Waals surface area contributed by atoms with Crippen molar-refractivity contribution in [1.82, 2.24) is 14.5 Å². The Labute approximate surface area is 190 Å². The zero-order valence-corrected chi connectivity index (χ0v) is 18.4. The molecular weight excluding hydrogens is 459 g/mol. The Balaban J connectivity index is 1.46. The van der Waals surface area contributed by atoms with Crippen molar-refractivity contribution in [3.8, 4) is 22.1 Å². The standard InChI is InChI=1S/C22H18F3N3O4S/c1-30-17-8-7-13(9-18(17)31-2)20-26-14(12-33-20)11-32-19(29)10-28-16-6-4-3-5-15(16)27-21(28)22(23,24)25/h3-9,12H,10-11H2,1-2H3. The van der Waals surface area contributed by atoms with Crippen LogP contribution in [-0.2, 0) is 28.9 Å². The quantitative estimate of drug-likeness (QED) is 0.351. The number of fused-ring (bicyclic) bond motifs is 1. The molecule has 0 aliphatic carbocycles. The molecule has 0 fully saturated rings. The molecule has 4 aromatic rings. The number of alkyl halides is 3. The van der Waals surface area contributed by atoms with Crippen molar-refractivity contribution in [3.05, 3.63) is 59.4 Å². The Morgan fingerprint density at radius 2 is 1.82 bits per heavy atom. The van der Waals surface area contributed by atoms with Gasteiger partial charge in [0.15, 0.2) is 11.5 Å². The first-order valence-corrected chi connectivity index (χ1v) is 10.5. The summed E-state index contributed by atoms with van der Waals surface area (Å²) in [5, 5.41) is 2.38. The summed E-state index contributed by atoms with van der Waals surface area (Å²) >= 11 is 1.34. The lowest BCUT2D eigenvalue weighted by molar-refractivity contribution is -0.151. The maximum absolute atomic E-state index is 13.4. The Kier molecular flexibility index (Phi) is 6.23. The Hall–Kier alpha value is -3.60. The van der Waals surface area contributed by atoms with Crippen LogP contribution in [0.1, 0.15) is 11.5 Å². The number of hydrogen-bond donors (Lipinski definition) is 0. The molecular formula is C22H18F3N3O4S. The van der Waals surface area contributed by atoms with Crippen LogP contribution in [0, 0.1) is 0 Å². The second-order valence-electron chi connectivity index (χ2n) is 6.88. The molecule has 2 aromatic heterocycles. The van der Waals surface area contributed by atoms with Crippen LogP contribution >= 0.6 is 11.3 Å². The number of imidazole rings is 1. The van der Waals surface area contributed by atoms with Gasteiger partial charge in [0.1, 0.15) is 18.2 Å². The first-order chi connectivity index (χ1) is 15.8. The van der Waals surface area contributed by atoms with Gasteiger partial charge in [-0.1, -0.05) is 12.1 Å². The van der Waals surface area contributed by atoms with Gasteiger partial charge in [-0.3, -0.25) is 4.79 Å². The van der Waals surface area contributed by atoms with E-state index in [1.807, 2.05) is 6.07 Å². The number of ether oxygens (including phenoxy) is 3. The summed E-state index contributed by atoms with van der Waals surface area (Å²) in [6, 6.07) is 11.4. The third kappa shape index (κ3) is 4.77. The minimum atomic E-state index is -4.71. The highest BCUT2D eigenvalue weighted by Gasteiger charge is 2.38. The molecule has 33 heavy (non-hydrogen) atoms. The number of thiazole rings is 1. The topological polar surface area (TPSA) is 75.5 Å². The highest BCUT2D eigenvalue weighted by Crippen LogP contribution is 2.34. The molecule has 172 valence electrons. The summed E-state index contributed by atoms with van der Waals surface area (Å²) in [6.45, 7) is -0.793. The van der Waals surface area contributed by atoms with Crippen LogP contribution in [-0.4, -0.2) is 34.7 Å². The fourth-order valence-electron chi connectivity index (χ4n) is 3.26. The molecule has 0 aliphatic rings. The van der Waals surface area contributed by atoms with Gasteiger partial charge in [-0.25, -0.2) is 9.97 Å². The van der Waals surface area contributed by atoms with Crippen molar-refractivity contribution in [2.24, 2.45) is 0 Å². The Morgan fingerprint density at radius 1 is 1.06 bits per heavy atom. The lowest BCUT2D eigenvalue weighted by atomic mass is 10.2. The number of carbonyl (C=O) groups is 1. The molecule has 0 radical (unpaired) electrons. The van der Waals surface area contributed by atoms with Gasteiger partial charge >= 0.3 is 12.1 Å². The molecule has 11 heteroatoms. The largest absolute Gasteiger partial charge is 0.493 e. The molecule has 2 heterocycles. The fraction of sp³-hybridized carbons (Fsp3) is 0.227. The average Bonchev–Trinajstić information content (AvgIpc) is 3.42. The normalized spacial score (nSPS) is 11.5. The maximum Gasteiger partial charge on any atom is 0.449 e. The average molecular weight is 477 g/mol. The van der Waals surface area contributed by atoms with Gasteiger partial charge in [0, 0.05) is 10.9 Å². The van der Waals surface area contributed by atoms with Crippen LogP contribution in [0.2, 0.25) is 0 Å². The highest BCUT2D eigenvalue weighted by molar-refractivity contribution is 7.13. The summed E-state index contributed by atoms with van der Waals surface area (Å²) in [7, 11) is 3.07. The lowest BCUT2D eigenvalue weighted by Gasteiger charge is -2.11. The minimum Gasteiger partial charge on any atom is -0.493 e. The Bertz CT molecular complexity index is 1300. The van der Waals surface area contributed by atoms with Crippen LogP contribution < -0.4 is 9.47 Å². The zero-order chi connectivity index (χ0) is 23.6. The number of carbonyl (C=O) groups excluding carboxylic acids is 1. The van der Waals surface area contributed by atoms with Crippen molar-refractivity contribution in [1.29, 1.82) is 0 Å². The van der Waals surface area contributed by atoms with Crippen molar-refractivity contribution in [2.75, 3.05) is 14.2 Å². The van der Waals surface area contributed by atoms with E-state index in [0.29, 0.717) is 22.2 Å². The van der Waals surface area contributed by atoms with E-state index < -0.39 is 24.5 Å². The predicted octanol–water partition coefficient (Wildman–Crippen LogP) is 4.94. The number of aromatic nitrogens is 3. The lowest BCUT2D eigenvalue weighted by Crippen LogP contribution is -2.20. The number of para-hydroxylation sites is 2. The first kappa shape index (κ1) is 22.6. The van der Waals surface area contributed by atoms with E-state index in [1.54, 1.807) is 29.6 Å². The first-order valence-electron chi connectivity index (χ1n) is 9.65. The number of rotatable bonds is 7. The van der Waals surface area contributed by atoms with Crippen LogP contribution in [0.15, 0.2) is 47.8 Å². The van der Waals surface area contributed by atoms with Gasteiger partial charge in [-0.2, -0.15) is 13.2 Å². The van der Waals surface area contributed by atoms with Gasteiger partial charge in [0.2, 0.25) is 5.82 Å². The van der Waals surface area contributed by atoms with Gasteiger partial charge in [0.05, 0.1) is 30.9 Å². The number of benzene rings is 2. The minimum absolute atomic E-state index is 0.150. The smallest absolute Gasteiger partial charge is 0.449 e. The second kappa shape index (κ2) is 9.10. The van der Waals surface area contributed by atoms with E-state index in [2.05, 4.69) is 9.97 Å². The number of esters is 1. The van der Waals surface area contributed by atoms with Crippen LogP contribution in [0.5, 0.6) is 11.5 Å². The monoisotopic (exact) mass is 477 g/mol. The molecule has 0 unspecified atom stereocenters. The van der Waals surface area contributed by atoms with E-state index >= 15 is 0 Å². The zero-order valence-electron chi connectivity index (χ0n) is 17.5. The van der Waals surface area contributed by atoms with E-state index in [4.69, 9.17) is 14.2 Å². The summed E-state index contributed by atoms with van der Waals surface area (Å²) in [5.41, 5.74) is 1.61. The van der Waals surface area contributed by atoms with Crippen molar-refractivity contribution in [3.63, 3.8) is 0 Å². The summed E-state index contributed by atoms with van der Waals surface area (Å²) in [5.74, 6) is -0.849. The molecule has 0 atom stereocenters. The van der Waals surface area contributed by atoms with Crippen molar-refractivity contribution >= 4 is 28.3 Å². The van der Waals surface area contributed by atoms with Crippen molar-refractivity contribution < 1.29 is 32.2 Å². The molecule has 0 amide bonds. The van der Waals surface area contributed by atoms with Crippen molar-refractivity contribution in [2.45, 2.75) is 19.3 Å². The molecule has 4 rings (SSSR count).